The number of nitrogens with zero attached hydrogens (tertiary/aromatic N) is 2. The van der Waals surface area contributed by atoms with E-state index in [2.05, 4.69) is 4.98 Å². The van der Waals surface area contributed by atoms with E-state index in [1.54, 1.807) is 16.5 Å². The Labute approximate surface area is 128 Å². The van der Waals surface area contributed by atoms with Crippen molar-refractivity contribution < 1.29 is 9.53 Å². The van der Waals surface area contributed by atoms with Gasteiger partial charge in [0, 0.05) is 20.1 Å². The number of carbonyl (C=O) groups is 1. The molecule has 1 aliphatic rings. The highest BCUT2D eigenvalue weighted by Crippen LogP contribution is 2.24. The molecular weight excluding hydrogens is 282 g/mol. The van der Waals surface area contributed by atoms with E-state index < -0.39 is 5.60 Å². The lowest BCUT2D eigenvalue weighted by atomic mass is 9.99. The predicted octanol–water partition coefficient (Wildman–Crippen LogP) is 2.16. The number of nitrogens with one attached hydrogen (secondary N) is 1. The predicted molar refractivity (Wildman–Crippen MR) is 83.9 cm³/mol. The van der Waals surface area contributed by atoms with Gasteiger partial charge in [-0.05, 0) is 50.5 Å². The van der Waals surface area contributed by atoms with Gasteiger partial charge in [0.25, 0.3) is 0 Å². The topological polar surface area (TPSA) is 67.3 Å². The van der Waals surface area contributed by atoms with Crippen LogP contribution in [0.25, 0.3) is 11.0 Å². The number of ether oxygens (including phenoxy) is 1. The molecule has 1 aromatic heterocycles. The summed E-state index contributed by atoms with van der Waals surface area (Å²) in [6.45, 7) is 6.73. The fourth-order valence-corrected chi connectivity index (χ4v) is 2.76. The summed E-state index contributed by atoms with van der Waals surface area (Å²) < 4.78 is 7.02. The summed E-state index contributed by atoms with van der Waals surface area (Å²) in [6, 6.07) is 4.00. The van der Waals surface area contributed by atoms with Crippen LogP contribution in [0.4, 0.5) is 4.79 Å². The van der Waals surface area contributed by atoms with Gasteiger partial charge in [-0.1, -0.05) is 0 Å². The molecule has 0 atom stereocenters. The number of aryl methyl sites for hydroxylation is 1. The van der Waals surface area contributed by atoms with Crippen LogP contribution in [0.1, 0.15) is 31.9 Å². The van der Waals surface area contributed by atoms with Gasteiger partial charge < -0.3 is 14.6 Å². The number of carbonyl (C=O) groups excluding carboxylic acids is 1. The maximum atomic E-state index is 12.2. The van der Waals surface area contributed by atoms with Crippen molar-refractivity contribution in [1.29, 1.82) is 0 Å². The smallest absolute Gasteiger partial charge is 0.410 e. The van der Waals surface area contributed by atoms with E-state index in [9.17, 15) is 9.59 Å². The number of aromatic nitrogens is 2. The van der Waals surface area contributed by atoms with Crippen LogP contribution in [0.2, 0.25) is 0 Å². The van der Waals surface area contributed by atoms with Gasteiger partial charge in [0.1, 0.15) is 5.60 Å². The summed E-state index contributed by atoms with van der Waals surface area (Å²) in [6.07, 6.45) is 0.475. The Kier molecular flexibility index (Phi) is 3.27. The number of benzene rings is 1. The quantitative estimate of drug-likeness (QED) is 0.811. The zero-order valence-electron chi connectivity index (χ0n) is 13.4. The van der Waals surface area contributed by atoms with Gasteiger partial charge in [-0.15, -0.1) is 0 Å². The number of fused-ring (bicyclic) bond motifs is 2. The van der Waals surface area contributed by atoms with Crippen molar-refractivity contribution in [3.63, 3.8) is 0 Å². The van der Waals surface area contributed by atoms with Gasteiger partial charge in [-0.3, -0.25) is 4.57 Å². The van der Waals surface area contributed by atoms with Crippen LogP contribution < -0.4 is 5.69 Å². The average molecular weight is 303 g/mol. The molecular formula is C16H21N3O3. The fourth-order valence-electron chi connectivity index (χ4n) is 2.76. The van der Waals surface area contributed by atoms with Crippen LogP contribution in [0.5, 0.6) is 0 Å². The van der Waals surface area contributed by atoms with Crippen LogP contribution in [0.15, 0.2) is 16.9 Å². The van der Waals surface area contributed by atoms with Gasteiger partial charge >= 0.3 is 11.8 Å². The molecule has 1 aliphatic heterocycles. The monoisotopic (exact) mass is 303 g/mol. The van der Waals surface area contributed by atoms with Crippen molar-refractivity contribution in [2.24, 2.45) is 7.05 Å². The lowest BCUT2D eigenvalue weighted by Crippen LogP contribution is -2.39. The number of aromatic amines is 1. The maximum absolute atomic E-state index is 12.2. The highest BCUT2D eigenvalue weighted by atomic mass is 16.6. The van der Waals surface area contributed by atoms with E-state index in [4.69, 9.17) is 4.74 Å². The van der Waals surface area contributed by atoms with Crippen LogP contribution in [0.3, 0.4) is 0 Å². The molecule has 0 radical (unpaired) electrons. The molecule has 0 saturated heterocycles. The molecule has 2 aromatic rings. The Morgan fingerprint density at radius 1 is 1.27 bits per heavy atom. The summed E-state index contributed by atoms with van der Waals surface area (Å²) >= 11 is 0. The van der Waals surface area contributed by atoms with Gasteiger partial charge in [-0.25, -0.2) is 9.59 Å². The van der Waals surface area contributed by atoms with Crippen molar-refractivity contribution in [1.82, 2.24) is 14.5 Å². The van der Waals surface area contributed by atoms with E-state index in [1.807, 2.05) is 32.9 Å². The second-order valence-electron chi connectivity index (χ2n) is 6.78. The molecule has 0 fully saturated rings. The zero-order chi connectivity index (χ0) is 16.1. The second-order valence-corrected chi connectivity index (χ2v) is 6.78. The zero-order valence-corrected chi connectivity index (χ0v) is 13.4. The summed E-state index contributed by atoms with van der Waals surface area (Å²) in [5.41, 5.74) is 3.33. The number of amides is 1. The van der Waals surface area contributed by atoms with Gasteiger partial charge in [-0.2, -0.15) is 0 Å². The van der Waals surface area contributed by atoms with Crippen molar-refractivity contribution in [2.75, 3.05) is 6.54 Å². The van der Waals surface area contributed by atoms with Gasteiger partial charge in [0.15, 0.2) is 0 Å². The third-order valence-electron chi connectivity index (χ3n) is 3.89. The molecule has 0 saturated carbocycles. The van der Waals surface area contributed by atoms with Crippen molar-refractivity contribution in [2.45, 2.75) is 39.3 Å². The fraction of sp³-hybridized carbons (Fsp3) is 0.500. The number of hydrogen-bond acceptors (Lipinski definition) is 3. The Morgan fingerprint density at radius 3 is 2.68 bits per heavy atom. The molecule has 1 amide bonds. The maximum Gasteiger partial charge on any atom is 0.410 e. The first-order valence-corrected chi connectivity index (χ1v) is 7.43. The highest BCUT2D eigenvalue weighted by Gasteiger charge is 2.26. The number of imidazole rings is 1. The molecule has 118 valence electrons. The normalized spacial score (nSPS) is 15.0. The summed E-state index contributed by atoms with van der Waals surface area (Å²) in [5, 5.41) is 0. The SMILES string of the molecule is Cn1c(=O)[nH]c2cc3c(cc21)CN(C(=O)OC(C)(C)C)CC3. The molecule has 1 aromatic carbocycles. The first-order valence-electron chi connectivity index (χ1n) is 7.43. The van der Waals surface area contributed by atoms with Crippen molar-refractivity contribution >= 4 is 17.1 Å². The van der Waals surface area contributed by atoms with Crippen LogP contribution in [0, 0.1) is 0 Å². The summed E-state index contributed by atoms with van der Waals surface area (Å²) in [5.74, 6) is 0. The Bertz CT molecular complexity index is 795. The summed E-state index contributed by atoms with van der Waals surface area (Å²) in [7, 11) is 1.74. The Morgan fingerprint density at radius 2 is 2.00 bits per heavy atom. The van der Waals surface area contributed by atoms with Crippen molar-refractivity contribution in [3.8, 4) is 0 Å². The third-order valence-corrected chi connectivity index (χ3v) is 3.89. The van der Waals surface area contributed by atoms with E-state index in [0.29, 0.717) is 13.1 Å². The number of H-pyrrole nitrogens is 1. The van der Waals surface area contributed by atoms with E-state index in [0.717, 1.165) is 23.0 Å². The van der Waals surface area contributed by atoms with Crippen LogP contribution in [-0.4, -0.2) is 32.7 Å². The first-order chi connectivity index (χ1) is 10.2. The largest absolute Gasteiger partial charge is 0.444 e. The molecule has 3 rings (SSSR count). The minimum absolute atomic E-state index is 0.124. The molecule has 0 aliphatic carbocycles. The molecule has 22 heavy (non-hydrogen) atoms. The molecule has 1 N–H and O–H groups in total. The molecule has 0 unspecified atom stereocenters. The standard InChI is InChI=1S/C16H21N3O3/c1-16(2,3)22-15(21)19-6-5-10-7-12-13(8-11(10)9-19)18(4)14(20)17-12/h7-8H,5-6,9H2,1-4H3,(H,17,20). The second kappa shape index (κ2) is 4.90. The highest BCUT2D eigenvalue weighted by molar-refractivity contribution is 5.78. The first kappa shape index (κ1) is 14.7. The number of rotatable bonds is 0. The average Bonchev–Trinajstić information content (AvgIpc) is 2.69. The molecule has 2 heterocycles. The lowest BCUT2D eigenvalue weighted by molar-refractivity contribution is 0.0224. The van der Waals surface area contributed by atoms with Crippen LogP contribution in [-0.2, 0) is 24.8 Å². The van der Waals surface area contributed by atoms with E-state index in [1.165, 1.54) is 5.56 Å². The van der Waals surface area contributed by atoms with Crippen molar-refractivity contribution in [3.05, 3.63) is 33.7 Å². The van der Waals surface area contributed by atoms with Gasteiger partial charge in [0.2, 0.25) is 0 Å². The summed E-state index contributed by atoms with van der Waals surface area (Å²) in [4.78, 5) is 28.5. The molecule has 6 heteroatoms. The van der Waals surface area contributed by atoms with Gasteiger partial charge in [0.05, 0.1) is 11.0 Å². The third kappa shape index (κ3) is 2.61. The Balaban J connectivity index is 1.90. The minimum atomic E-state index is -0.494. The molecule has 6 nitrogen and oxygen atoms in total. The Hall–Kier alpha value is -2.24. The molecule has 0 spiro atoms. The lowest BCUT2D eigenvalue weighted by Gasteiger charge is -2.31. The van der Waals surface area contributed by atoms with Crippen LogP contribution >= 0.6 is 0 Å². The number of hydrogen-bond donors (Lipinski definition) is 1. The molecule has 0 bridgehead atoms. The van der Waals surface area contributed by atoms with E-state index in [-0.39, 0.29) is 11.8 Å². The minimum Gasteiger partial charge on any atom is -0.444 e. The van der Waals surface area contributed by atoms with E-state index >= 15 is 0 Å².